The first-order valence-electron chi connectivity index (χ1n) is 14.2. The zero-order valence-electron chi connectivity index (χ0n) is 22.3. The molecular weight excluding hydrogens is 482 g/mol. The first-order chi connectivity index (χ1) is 18.0. The van der Waals surface area contributed by atoms with E-state index < -0.39 is 5.97 Å². The maximum Gasteiger partial charge on any atom is 0.335 e. The molecule has 0 atom stereocenters. The SMILES string of the molecule is CCN(CC)CCCCN1CCn2c(c(C3CCCCC3)c3ccc(C(=O)O)cc32)-c2ccc(Cl)cc21. The number of hydrogen-bond donors (Lipinski definition) is 1. The zero-order chi connectivity index (χ0) is 25.9. The van der Waals surface area contributed by atoms with E-state index in [1.54, 1.807) is 6.07 Å². The molecule has 0 spiro atoms. The van der Waals surface area contributed by atoms with Crippen LogP contribution in [0.4, 0.5) is 5.69 Å². The number of unbranched alkanes of at least 4 members (excludes halogenated alkanes) is 1. The molecule has 1 aromatic heterocycles. The van der Waals surface area contributed by atoms with Gasteiger partial charge in [0.05, 0.1) is 11.3 Å². The van der Waals surface area contributed by atoms with Crippen LogP contribution in [0.15, 0.2) is 36.4 Å². The first-order valence-corrected chi connectivity index (χ1v) is 14.6. The average molecular weight is 522 g/mol. The van der Waals surface area contributed by atoms with Crippen LogP contribution in [-0.4, -0.2) is 53.3 Å². The molecule has 0 unspecified atom stereocenters. The number of rotatable bonds is 9. The molecule has 1 aliphatic carbocycles. The third-order valence-corrected chi connectivity index (χ3v) is 8.80. The van der Waals surface area contributed by atoms with E-state index in [1.807, 2.05) is 12.1 Å². The molecule has 5 nitrogen and oxygen atoms in total. The van der Waals surface area contributed by atoms with Gasteiger partial charge < -0.3 is 19.5 Å². The second-order valence-corrected chi connectivity index (χ2v) is 11.1. The van der Waals surface area contributed by atoms with E-state index in [0.29, 0.717) is 11.5 Å². The number of carboxylic acid groups (broad SMARTS) is 1. The van der Waals surface area contributed by atoms with Crippen molar-refractivity contribution in [3.63, 3.8) is 0 Å². The van der Waals surface area contributed by atoms with Crippen molar-refractivity contribution in [3.8, 4) is 11.3 Å². The number of fused-ring (bicyclic) bond motifs is 5. The Kier molecular flexibility index (Phi) is 8.11. The molecule has 1 aliphatic heterocycles. The monoisotopic (exact) mass is 521 g/mol. The fraction of sp³-hybridized carbons (Fsp3) is 0.516. The molecule has 2 aliphatic rings. The van der Waals surface area contributed by atoms with Gasteiger partial charge in [-0.1, -0.05) is 50.8 Å². The van der Waals surface area contributed by atoms with Crippen LogP contribution in [0.5, 0.6) is 0 Å². The van der Waals surface area contributed by atoms with Crippen molar-refractivity contribution in [1.29, 1.82) is 0 Å². The molecule has 5 rings (SSSR count). The Hall–Kier alpha value is -2.50. The third-order valence-electron chi connectivity index (χ3n) is 8.56. The predicted octanol–water partition coefficient (Wildman–Crippen LogP) is 7.65. The number of halogens is 1. The highest BCUT2D eigenvalue weighted by atomic mass is 35.5. The number of nitrogens with zero attached hydrogens (tertiary/aromatic N) is 3. The second-order valence-electron chi connectivity index (χ2n) is 10.7. The van der Waals surface area contributed by atoms with E-state index >= 15 is 0 Å². The normalized spacial score (nSPS) is 16.2. The number of carboxylic acids is 1. The van der Waals surface area contributed by atoms with Crippen LogP contribution in [0.3, 0.4) is 0 Å². The molecule has 198 valence electrons. The van der Waals surface area contributed by atoms with Crippen LogP contribution in [0.25, 0.3) is 22.2 Å². The summed E-state index contributed by atoms with van der Waals surface area (Å²) in [5.41, 5.74) is 6.56. The van der Waals surface area contributed by atoms with Gasteiger partial charge in [-0.2, -0.15) is 0 Å². The minimum absolute atomic E-state index is 0.358. The Morgan fingerprint density at radius 2 is 1.81 bits per heavy atom. The number of aromatic carboxylic acids is 1. The van der Waals surface area contributed by atoms with Crippen molar-refractivity contribution < 1.29 is 9.90 Å². The van der Waals surface area contributed by atoms with Gasteiger partial charge in [0, 0.05) is 46.8 Å². The van der Waals surface area contributed by atoms with Crippen LogP contribution in [0, 0.1) is 0 Å². The summed E-state index contributed by atoms with van der Waals surface area (Å²) in [6.45, 7) is 10.5. The Balaban J connectivity index is 1.58. The fourth-order valence-electron chi connectivity index (χ4n) is 6.55. The van der Waals surface area contributed by atoms with Crippen LogP contribution >= 0.6 is 11.6 Å². The predicted molar refractivity (Wildman–Crippen MR) is 154 cm³/mol. The van der Waals surface area contributed by atoms with Gasteiger partial charge in [-0.25, -0.2) is 4.79 Å². The molecule has 1 N–H and O–H groups in total. The fourth-order valence-corrected chi connectivity index (χ4v) is 6.72. The van der Waals surface area contributed by atoms with Gasteiger partial charge in [0.1, 0.15) is 0 Å². The minimum Gasteiger partial charge on any atom is -0.478 e. The summed E-state index contributed by atoms with van der Waals surface area (Å²) in [6.07, 6.45) is 8.54. The summed E-state index contributed by atoms with van der Waals surface area (Å²) in [6, 6.07) is 12.1. The van der Waals surface area contributed by atoms with E-state index in [-0.39, 0.29) is 0 Å². The summed E-state index contributed by atoms with van der Waals surface area (Å²) in [7, 11) is 0. The summed E-state index contributed by atoms with van der Waals surface area (Å²) in [5, 5.41) is 11.7. The number of aromatic nitrogens is 1. The molecule has 2 heterocycles. The highest BCUT2D eigenvalue weighted by Gasteiger charge is 2.30. The lowest BCUT2D eigenvalue weighted by atomic mass is 9.81. The van der Waals surface area contributed by atoms with Crippen molar-refractivity contribution in [1.82, 2.24) is 9.47 Å². The van der Waals surface area contributed by atoms with Crippen molar-refractivity contribution >= 4 is 34.2 Å². The lowest BCUT2D eigenvalue weighted by Crippen LogP contribution is -2.29. The van der Waals surface area contributed by atoms with Crippen molar-refractivity contribution in [2.45, 2.75) is 71.3 Å². The summed E-state index contributed by atoms with van der Waals surface area (Å²) < 4.78 is 2.41. The lowest BCUT2D eigenvalue weighted by Gasteiger charge is -2.27. The van der Waals surface area contributed by atoms with Gasteiger partial charge in [0.15, 0.2) is 0 Å². The van der Waals surface area contributed by atoms with Crippen LogP contribution in [-0.2, 0) is 6.54 Å². The van der Waals surface area contributed by atoms with E-state index in [4.69, 9.17) is 11.6 Å². The molecule has 0 saturated heterocycles. The Labute approximate surface area is 226 Å². The molecular formula is C31H40ClN3O2. The Bertz CT molecular complexity index is 1260. The van der Waals surface area contributed by atoms with Crippen molar-refractivity contribution in [2.75, 3.05) is 37.6 Å². The smallest absolute Gasteiger partial charge is 0.335 e. The average Bonchev–Trinajstić information content (AvgIpc) is 3.15. The van der Waals surface area contributed by atoms with Gasteiger partial charge in [-0.3, -0.25) is 0 Å². The molecule has 0 bridgehead atoms. The maximum atomic E-state index is 11.9. The van der Waals surface area contributed by atoms with Gasteiger partial charge in [0.2, 0.25) is 0 Å². The highest BCUT2D eigenvalue weighted by Crippen LogP contribution is 2.47. The number of anilines is 1. The molecule has 1 saturated carbocycles. The van der Waals surface area contributed by atoms with E-state index in [1.165, 1.54) is 66.4 Å². The van der Waals surface area contributed by atoms with Crippen LogP contribution in [0.2, 0.25) is 5.02 Å². The number of carbonyl (C=O) groups is 1. The quantitative estimate of drug-likeness (QED) is 0.294. The summed E-state index contributed by atoms with van der Waals surface area (Å²) in [5.74, 6) is -0.361. The first kappa shape index (κ1) is 26.1. The largest absolute Gasteiger partial charge is 0.478 e. The van der Waals surface area contributed by atoms with E-state index in [0.717, 1.165) is 56.2 Å². The maximum absolute atomic E-state index is 11.9. The van der Waals surface area contributed by atoms with Gasteiger partial charge in [0.25, 0.3) is 0 Å². The second kappa shape index (κ2) is 11.5. The molecule has 37 heavy (non-hydrogen) atoms. The topological polar surface area (TPSA) is 48.7 Å². The third kappa shape index (κ3) is 5.26. The van der Waals surface area contributed by atoms with Crippen molar-refractivity contribution in [3.05, 3.63) is 52.5 Å². The molecule has 0 radical (unpaired) electrons. The zero-order valence-corrected chi connectivity index (χ0v) is 23.1. The highest BCUT2D eigenvalue weighted by molar-refractivity contribution is 6.31. The summed E-state index contributed by atoms with van der Waals surface area (Å²) in [4.78, 5) is 16.9. The molecule has 6 heteroatoms. The Morgan fingerprint density at radius 3 is 2.54 bits per heavy atom. The molecule has 1 fully saturated rings. The summed E-state index contributed by atoms with van der Waals surface area (Å²) >= 11 is 6.58. The van der Waals surface area contributed by atoms with E-state index in [9.17, 15) is 9.90 Å². The lowest BCUT2D eigenvalue weighted by molar-refractivity contribution is 0.0697. The molecule has 3 aromatic rings. The van der Waals surface area contributed by atoms with Gasteiger partial charge in [-0.15, -0.1) is 0 Å². The van der Waals surface area contributed by atoms with Crippen LogP contribution in [0.1, 0.15) is 80.6 Å². The van der Waals surface area contributed by atoms with Gasteiger partial charge in [-0.05, 0) is 87.1 Å². The Morgan fingerprint density at radius 1 is 1.03 bits per heavy atom. The number of hydrogen-bond acceptors (Lipinski definition) is 3. The number of benzene rings is 2. The molecule has 0 amide bonds. The van der Waals surface area contributed by atoms with Gasteiger partial charge >= 0.3 is 5.97 Å². The van der Waals surface area contributed by atoms with Crippen LogP contribution < -0.4 is 4.90 Å². The standard InChI is InChI=1S/C31H40ClN3O2/c1-3-33(4-2)16-8-9-17-34-18-19-35-28-20-23(31(36)37)12-14-25(28)29(22-10-6-5-7-11-22)30(35)26-15-13-24(32)21-27(26)34/h12-15,20-22H,3-11,16-19H2,1-2H3,(H,36,37). The molecule has 2 aromatic carbocycles. The van der Waals surface area contributed by atoms with Crippen molar-refractivity contribution in [2.24, 2.45) is 0 Å². The minimum atomic E-state index is -0.868. The van der Waals surface area contributed by atoms with E-state index in [2.05, 4.69) is 46.4 Å².